The SMILES string of the molecule is COCOc1cc(O)c([N+](=O)[O-])c(C)c1C(=O)OC.COCOc1cc(OS(=O)(=O)C(F)(F)F)c([N+](=O)[O-])c(C)c1C(=O)OC. The Bertz CT molecular complexity index is 1560. The molecule has 2 rings (SSSR count). The number of ether oxygens (including phenoxy) is 6. The van der Waals surface area contributed by atoms with Crippen molar-refractivity contribution in [3.05, 3.63) is 54.6 Å². The number of nitro benzene ring substituents is 2. The van der Waals surface area contributed by atoms with Crippen molar-refractivity contribution in [2.75, 3.05) is 42.0 Å². The number of phenols is 1. The molecule has 0 bridgehead atoms. The molecule has 2 aromatic rings. The summed E-state index contributed by atoms with van der Waals surface area (Å²) in [4.78, 5) is 43.6. The summed E-state index contributed by atoms with van der Waals surface area (Å²) in [6, 6.07) is 1.44. The van der Waals surface area contributed by atoms with Crippen LogP contribution in [0, 0.1) is 34.1 Å². The van der Waals surface area contributed by atoms with Gasteiger partial charge in [-0.25, -0.2) is 9.59 Å². The Morgan fingerprint density at radius 2 is 1.20 bits per heavy atom. The first-order valence-corrected chi connectivity index (χ1v) is 13.0. The van der Waals surface area contributed by atoms with Gasteiger partial charge >= 0.3 is 38.9 Å². The molecule has 250 valence electrons. The first-order chi connectivity index (χ1) is 20.8. The number of halogens is 3. The van der Waals surface area contributed by atoms with E-state index in [-0.39, 0.29) is 23.7 Å². The summed E-state index contributed by atoms with van der Waals surface area (Å²) < 4.78 is 92.1. The van der Waals surface area contributed by atoms with E-state index in [1.807, 2.05) is 0 Å². The molecule has 0 spiro atoms. The summed E-state index contributed by atoms with van der Waals surface area (Å²) in [6.07, 6.45) is 0. The van der Waals surface area contributed by atoms with Crippen LogP contribution < -0.4 is 13.7 Å². The number of methoxy groups -OCH3 is 4. The number of hydrogen-bond donors (Lipinski definition) is 1. The fourth-order valence-corrected chi connectivity index (χ4v) is 3.84. The molecule has 0 aliphatic rings. The highest BCUT2D eigenvalue weighted by molar-refractivity contribution is 7.88. The fraction of sp³-hybridized carbons (Fsp3) is 0.391. The molecule has 0 heterocycles. The van der Waals surface area contributed by atoms with Crippen molar-refractivity contribution >= 4 is 33.4 Å². The zero-order valence-corrected chi connectivity index (χ0v) is 24.9. The number of phenolic OH excluding ortho intramolecular Hbond substituents is 1. The Morgan fingerprint density at radius 3 is 1.56 bits per heavy atom. The largest absolute Gasteiger partial charge is 0.534 e. The number of alkyl halides is 3. The normalized spacial score (nSPS) is 11.0. The monoisotopic (exact) mass is 674 g/mol. The average Bonchev–Trinajstić information content (AvgIpc) is 2.93. The molecule has 18 nitrogen and oxygen atoms in total. The third-order valence-electron chi connectivity index (χ3n) is 5.25. The molecule has 2 aromatic carbocycles. The number of nitro groups is 2. The first-order valence-electron chi connectivity index (χ1n) is 11.5. The molecule has 45 heavy (non-hydrogen) atoms. The van der Waals surface area contributed by atoms with Gasteiger partial charge in [-0.2, -0.15) is 21.6 Å². The second kappa shape index (κ2) is 15.7. The molecular weight excluding hydrogens is 649 g/mol. The number of rotatable bonds is 12. The van der Waals surface area contributed by atoms with Crippen LogP contribution in [0.4, 0.5) is 24.5 Å². The van der Waals surface area contributed by atoms with E-state index in [4.69, 9.17) is 9.47 Å². The van der Waals surface area contributed by atoms with Gasteiger partial charge in [-0.3, -0.25) is 20.2 Å². The standard InChI is InChI=1S/C12H12F3NO9S.C11H13NO7/c1-6-9(11(17)23-3)7(24-5-22-2)4-8(10(6)16(18)19)25-26(20,21)12(13,14)15;1-6-9(11(14)18-3)8(19-5-17-2)4-7(13)10(6)12(15)16/h4H,5H2,1-3H3;4,13H,5H2,1-3H3. The minimum atomic E-state index is -6.21. The number of benzene rings is 2. The lowest BCUT2D eigenvalue weighted by Crippen LogP contribution is -2.28. The smallest absolute Gasteiger partial charge is 0.502 e. The Morgan fingerprint density at radius 1 is 0.800 bits per heavy atom. The van der Waals surface area contributed by atoms with Gasteiger partial charge in [0.1, 0.15) is 22.6 Å². The van der Waals surface area contributed by atoms with E-state index in [2.05, 4.69) is 23.1 Å². The maximum atomic E-state index is 12.5. The van der Waals surface area contributed by atoms with E-state index in [9.17, 15) is 56.5 Å². The van der Waals surface area contributed by atoms with Gasteiger partial charge < -0.3 is 37.7 Å². The van der Waals surface area contributed by atoms with Gasteiger partial charge in [0, 0.05) is 37.5 Å². The minimum absolute atomic E-state index is 0.0389. The third-order valence-corrected chi connectivity index (χ3v) is 6.22. The van der Waals surface area contributed by atoms with Crippen LogP contribution in [-0.2, 0) is 29.1 Å². The highest BCUT2D eigenvalue weighted by Gasteiger charge is 2.50. The molecule has 0 atom stereocenters. The fourth-order valence-electron chi connectivity index (χ4n) is 3.38. The molecule has 0 aromatic heterocycles. The predicted octanol–water partition coefficient (Wildman–Crippen LogP) is 3.28. The molecule has 0 unspecified atom stereocenters. The van der Waals surface area contributed by atoms with Crippen molar-refractivity contribution in [1.82, 2.24) is 0 Å². The Hall–Kier alpha value is -4.96. The van der Waals surface area contributed by atoms with Gasteiger partial charge in [-0.15, -0.1) is 0 Å². The van der Waals surface area contributed by atoms with Gasteiger partial charge in [0.2, 0.25) is 5.75 Å². The molecule has 0 aliphatic carbocycles. The zero-order chi connectivity index (χ0) is 34.9. The summed E-state index contributed by atoms with van der Waals surface area (Å²) in [7, 11) is -1.56. The number of esters is 2. The number of nitrogens with zero attached hydrogens (tertiary/aromatic N) is 2. The van der Waals surface area contributed by atoms with Gasteiger partial charge in [0.15, 0.2) is 19.3 Å². The Labute approximate surface area is 251 Å². The third kappa shape index (κ3) is 9.02. The number of aromatic hydroxyl groups is 1. The van der Waals surface area contributed by atoms with Gasteiger partial charge in [0.25, 0.3) is 0 Å². The summed E-state index contributed by atoms with van der Waals surface area (Å²) in [5, 5.41) is 31.7. The molecule has 0 saturated heterocycles. The van der Waals surface area contributed by atoms with Crippen LogP contribution in [0.2, 0.25) is 0 Å². The van der Waals surface area contributed by atoms with Crippen molar-refractivity contribution in [3.63, 3.8) is 0 Å². The van der Waals surface area contributed by atoms with Crippen LogP contribution in [-0.4, -0.2) is 82.8 Å². The van der Waals surface area contributed by atoms with Crippen LogP contribution in [0.1, 0.15) is 31.8 Å². The number of carbonyl (C=O) groups is 2. The second-order valence-electron chi connectivity index (χ2n) is 8.05. The Balaban J connectivity index is 0.000000472. The topological polar surface area (TPSA) is 239 Å². The van der Waals surface area contributed by atoms with Crippen molar-refractivity contribution in [3.8, 4) is 23.0 Å². The van der Waals surface area contributed by atoms with E-state index in [0.717, 1.165) is 27.2 Å². The lowest BCUT2D eigenvalue weighted by molar-refractivity contribution is -0.386. The lowest BCUT2D eigenvalue weighted by atomic mass is 10.0. The molecule has 1 N–H and O–H groups in total. The predicted molar refractivity (Wildman–Crippen MR) is 141 cm³/mol. The minimum Gasteiger partial charge on any atom is -0.502 e. The van der Waals surface area contributed by atoms with E-state index < -0.39 is 84.0 Å². The van der Waals surface area contributed by atoms with Crippen molar-refractivity contribution in [2.45, 2.75) is 19.4 Å². The molecule has 0 radical (unpaired) electrons. The van der Waals surface area contributed by atoms with Crippen LogP contribution in [0.15, 0.2) is 12.1 Å². The van der Waals surface area contributed by atoms with Crippen molar-refractivity contribution in [2.24, 2.45) is 0 Å². The highest BCUT2D eigenvalue weighted by Crippen LogP contribution is 2.42. The average molecular weight is 675 g/mol. The molecule has 0 saturated carbocycles. The quantitative estimate of drug-likeness (QED) is 0.0848. The van der Waals surface area contributed by atoms with E-state index in [0.29, 0.717) is 6.07 Å². The summed E-state index contributed by atoms with van der Waals surface area (Å²) in [5.74, 6) is -4.37. The summed E-state index contributed by atoms with van der Waals surface area (Å²) in [5.41, 5.74) is -8.76. The van der Waals surface area contributed by atoms with E-state index >= 15 is 0 Å². The highest BCUT2D eigenvalue weighted by atomic mass is 32.2. The van der Waals surface area contributed by atoms with E-state index in [1.165, 1.54) is 21.1 Å². The van der Waals surface area contributed by atoms with Crippen molar-refractivity contribution < 1.29 is 78.7 Å². The second-order valence-corrected chi connectivity index (χ2v) is 9.58. The maximum absolute atomic E-state index is 12.5. The lowest BCUT2D eigenvalue weighted by Gasteiger charge is -2.15. The van der Waals surface area contributed by atoms with Crippen LogP contribution >= 0.6 is 0 Å². The van der Waals surface area contributed by atoms with Crippen LogP contribution in [0.25, 0.3) is 0 Å². The van der Waals surface area contributed by atoms with E-state index in [1.54, 1.807) is 0 Å². The summed E-state index contributed by atoms with van der Waals surface area (Å²) >= 11 is 0. The number of hydrogen-bond acceptors (Lipinski definition) is 16. The van der Waals surface area contributed by atoms with Gasteiger partial charge in [-0.05, 0) is 13.8 Å². The maximum Gasteiger partial charge on any atom is 0.534 e. The first kappa shape index (κ1) is 38.1. The summed E-state index contributed by atoms with van der Waals surface area (Å²) in [6.45, 7) is 1.62. The molecule has 0 aliphatic heterocycles. The zero-order valence-electron chi connectivity index (χ0n) is 24.1. The van der Waals surface area contributed by atoms with Gasteiger partial charge in [-0.1, -0.05) is 0 Å². The van der Waals surface area contributed by atoms with Crippen LogP contribution in [0.5, 0.6) is 23.0 Å². The Kier molecular flexibility index (Phi) is 13.3. The molecule has 22 heteroatoms. The van der Waals surface area contributed by atoms with Crippen molar-refractivity contribution in [1.29, 1.82) is 0 Å². The van der Waals surface area contributed by atoms with Crippen LogP contribution in [0.3, 0.4) is 0 Å². The molecular formula is C23H25F3N2O16S. The molecule has 0 amide bonds. The number of carbonyl (C=O) groups excluding carboxylic acids is 2. The van der Waals surface area contributed by atoms with Gasteiger partial charge in [0.05, 0.1) is 24.1 Å². The molecule has 0 fully saturated rings.